The van der Waals surface area contributed by atoms with Crippen molar-refractivity contribution in [2.45, 2.75) is 25.8 Å². The quantitative estimate of drug-likeness (QED) is 0.620. The van der Waals surface area contributed by atoms with Crippen LogP contribution in [0.15, 0.2) is 34.9 Å². The first-order valence-corrected chi connectivity index (χ1v) is 6.22. The van der Waals surface area contributed by atoms with Gasteiger partial charge in [-0.25, -0.2) is 5.43 Å². The maximum atomic E-state index is 5.55. The molecular formula is C12H16N2OS. The fourth-order valence-electron chi connectivity index (χ4n) is 1.65. The Hall–Kier alpha value is -1.10. The maximum absolute atomic E-state index is 5.55. The van der Waals surface area contributed by atoms with E-state index in [0.717, 1.165) is 18.6 Å². The van der Waals surface area contributed by atoms with Crippen molar-refractivity contribution in [2.75, 3.05) is 0 Å². The first kappa shape index (κ1) is 11.4. The van der Waals surface area contributed by atoms with E-state index in [2.05, 4.69) is 24.5 Å². The zero-order valence-electron chi connectivity index (χ0n) is 9.27. The third-order valence-electron chi connectivity index (χ3n) is 2.56. The van der Waals surface area contributed by atoms with Crippen LogP contribution in [-0.2, 0) is 12.8 Å². The van der Waals surface area contributed by atoms with E-state index in [9.17, 15) is 0 Å². The Morgan fingerprint density at radius 2 is 2.19 bits per heavy atom. The summed E-state index contributed by atoms with van der Waals surface area (Å²) in [6.45, 7) is 2.17. The minimum absolute atomic E-state index is 0.0540. The van der Waals surface area contributed by atoms with Gasteiger partial charge in [0, 0.05) is 16.2 Å². The lowest BCUT2D eigenvalue weighted by Gasteiger charge is -2.11. The number of furan rings is 1. The van der Waals surface area contributed by atoms with Crippen LogP contribution in [0.25, 0.3) is 0 Å². The summed E-state index contributed by atoms with van der Waals surface area (Å²) in [6, 6.07) is 8.22. The van der Waals surface area contributed by atoms with Gasteiger partial charge < -0.3 is 4.42 Å². The largest absolute Gasteiger partial charge is 0.468 e. The van der Waals surface area contributed by atoms with Gasteiger partial charge in [-0.1, -0.05) is 6.92 Å². The average Bonchev–Trinajstić information content (AvgIpc) is 2.96. The summed E-state index contributed by atoms with van der Waals surface area (Å²) in [7, 11) is 0. The summed E-state index contributed by atoms with van der Waals surface area (Å²) >= 11 is 1.84. The van der Waals surface area contributed by atoms with E-state index in [1.807, 2.05) is 23.5 Å². The highest BCUT2D eigenvalue weighted by Gasteiger charge is 2.14. The Morgan fingerprint density at radius 1 is 1.38 bits per heavy atom. The third-order valence-corrected chi connectivity index (χ3v) is 3.81. The van der Waals surface area contributed by atoms with Crippen molar-refractivity contribution < 1.29 is 4.42 Å². The molecule has 0 spiro atoms. The molecule has 0 radical (unpaired) electrons. The fraction of sp³-hybridized carbons (Fsp3) is 0.333. The van der Waals surface area contributed by atoms with Gasteiger partial charge in [0.1, 0.15) is 5.76 Å². The highest BCUT2D eigenvalue weighted by molar-refractivity contribution is 7.11. The molecule has 86 valence electrons. The van der Waals surface area contributed by atoms with Crippen LogP contribution in [0.4, 0.5) is 0 Å². The number of hydrogen-bond donors (Lipinski definition) is 2. The van der Waals surface area contributed by atoms with E-state index >= 15 is 0 Å². The van der Waals surface area contributed by atoms with Crippen LogP contribution in [0.1, 0.15) is 28.5 Å². The fourth-order valence-corrected chi connectivity index (χ4v) is 2.66. The zero-order chi connectivity index (χ0) is 11.4. The lowest BCUT2D eigenvalue weighted by atomic mass is 10.1. The molecule has 0 fully saturated rings. The predicted molar refractivity (Wildman–Crippen MR) is 66.2 cm³/mol. The monoisotopic (exact) mass is 236 g/mol. The third kappa shape index (κ3) is 2.52. The van der Waals surface area contributed by atoms with Gasteiger partial charge in [0.25, 0.3) is 0 Å². The van der Waals surface area contributed by atoms with E-state index in [4.69, 9.17) is 10.3 Å². The van der Waals surface area contributed by atoms with Crippen molar-refractivity contribution in [3.8, 4) is 0 Å². The van der Waals surface area contributed by atoms with E-state index in [0.29, 0.717) is 0 Å². The molecule has 4 heteroatoms. The molecule has 1 unspecified atom stereocenters. The van der Waals surface area contributed by atoms with Crippen molar-refractivity contribution in [1.82, 2.24) is 5.43 Å². The Morgan fingerprint density at radius 3 is 2.75 bits per heavy atom. The molecule has 3 N–H and O–H groups in total. The molecule has 0 bridgehead atoms. The van der Waals surface area contributed by atoms with Gasteiger partial charge in [0.15, 0.2) is 0 Å². The molecule has 0 aliphatic carbocycles. The molecular weight excluding hydrogens is 220 g/mol. The number of hydrazine groups is 1. The number of hydrogen-bond acceptors (Lipinski definition) is 4. The number of rotatable bonds is 5. The Kier molecular flexibility index (Phi) is 3.77. The van der Waals surface area contributed by atoms with Gasteiger partial charge in [-0.15, -0.1) is 11.3 Å². The van der Waals surface area contributed by atoms with Crippen LogP contribution >= 0.6 is 11.3 Å². The van der Waals surface area contributed by atoms with E-state index in [-0.39, 0.29) is 6.04 Å². The first-order valence-electron chi connectivity index (χ1n) is 5.40. The van der Waals surface area contributed by atoms with Gasteiger partial charge in [0.05, 0.1) is 12.3 Å². The van der Waals surface area contributed by atoms with Gasteiger partial charge in [0.2, 0.25) is 0 Å². The van der Waals surface area contributed by atoms with Crippen LogP contribution in [0.5, 0.6) is 0 Å². The van der Waals surface area contributed by atoms with Crippen LogP contribution in [-0.4, -0.2) is 0 Å². The Balaban J connectivity index is 2.07. The number of aryl methyl sites for hydroxylation is 1. The standard InChI is InChI=1S/C12H16N2OS/c1-2-9-5-6-10(16-9)8-11(14-13)12-4-3-7-15-12/h3-7,11,14H,2,8,13H2,1H3. The Labute approximate surface area is 99.2 Å². The predicted octanol–water partition coefficient (Wildman–Crippen LogP) is 2.65. The lowest BCUT2D eigenvalue weighted by molar-refractivity contribution is 0.417. The summed E-state index contributed by atoms with van der Waals surface area (Å²) in [4.78, 5) is 2.74. The molecule has 2 rings (SSSR count). The smallest absolute Gasteiger partial charge is 0.122 e. The zero-order valence-corrected chi connectivity index (χ0v) is 10.1. The van der Waals surface area contributed by atoms with Crippen molar-refractivity contribution in [2.24, 2.45) is 5.84 Å². The summed E-state index contributed by atoms with van der Waals surface area (Å²) in [5.74, 6) is 6.43. The number of nitrogens with two attached hydrogens (primary N) is 1. The van der Waals surface area contributed by atoms with Crippen molar-refractivity contribution in [3.05, 3.63) is 46.0 Å². The second-order valence-electron chi connectivity index (χ2n) is 3.66. The van der Waals surface area contributed by atoms with E-state index < -0.39 is 0 Å². The minimum Gasteiger partial charge on any atom is -0.468 e. The van der Waals surface area contributed by atoms with Crippen LogP contribution in [0, 0.1) is 0 Å². The minimum atomic E-state index is 0.0540. The van der Waals surface area contributed by atoms with Crippen molar-refractivity contribution >= 4 is 11.3 Å². The maximum Gasteiger partial charge on any atom is 0.122 e. The molecule has 1 atom stereocenters. The number of thiophene rings is 1. The SMILES string of the molecule is CCc1ccc(CC(NN)c2ccco2)s1. The molecule has 3 nitrogen and oxygen atoms in total. The average molecular weight is 236 g/mol. The summed E-state index contributed by atoms with van der Waals surface area (Å²) in [6.07, 6.45) is 3.63. The van der Waals surface area contributed by atoms with Gasteiger partial charge in [-0.05, 0) is 30.7 Å². The van der Waals surface area contributed by atoms with Crippen LogP contribution < -0.4 is 11.3 Å². The number of nitrogens with one attached hydrogen (secondary N) is 1. The molecule has 0 aromatic carbocycles. The van der Waals surface area contributed by atoms with Crippen molar-refractivity contribution in [1.29, 1.82) is 0 Å². The highest BCUT2D eigenvalue weighted by Crippen LogP contribution is 2.23. The second kappa shape index (κ2) is 5.30. The molecule has 16 heavy (non-hydrogen) atoms. The van der Waals surface area contributed by atoms with Gasteiger partial charge in [-0.3, -0.25) is 5.84 Å². The second-order valence-corrected chi connectivity index (χ2v) is 4.91. The van der Waals surface area contributed by atoms with Gasteiger partial charge in [-0.2, -0.15) is 0 Å². The molecule has 2 aromatic rings. The van der Waals surface area contributed by atoms with Crippen molar-refractivity contribution in [3.63, 3.8) is 0 Å². The molecule has 0 saturated carbocycles. The topological polar surface area (TPSA) is 51.2 Å². The Bertz CT molecular complexity index is 422. The van der Waals surface area contributed by atoms with Gasteiger partial charge >= 0.3 is 0 Å². The molecule has 2 heterocycles. The summed E-state index contributed by atoms with van der Waals surface area (Å²) < 4.78 is 5.35. The lowest BCUT2D eigenvalue weighted by Crippen LogP contribution is -2.29. The highest BCUT2D eigenvalue weighted by atomic mass is 32.1. The molecule has 0 aliphatic rings. The first-order chi connectivity index (χ1) is 7.83. The molecule has 0 aliphatic heterocycles. The molecule has 0 amide bonds. The molecule has 2 aromatic heterocycles. The van der Waals surface area contributed by atoms with E-state index in [1.54, 1.807) is 6.26 Å². The normalized spacial score (nSPS) is 12.9. The van der Waals surface area contributed by atoms with Crippen LogP contribution in [0.2, 0.25) is 0 Å². The summed E-state index contributed by atoms with van der Waals surface area (Å²) in [5, 5.41) is 0. The van der Waals surface area contributed by atoms with Crippen LogP contribution in [0.3, 0.4) is 0 Å². The molecule has 0 saturated heterocycles. The van der Waals surface area contributed by atoms with E-state index in [1.165, 1.54) is 9.75 Å². The summed E-state index contributed by atoms with van der Waals surface area (Å²) in [5.41, 5.74) is 2.79.